The minimum Gasteiger partial charge on any atom is -0.486 e. The zero-order chi connectivity index (χ0) is 13.9. The molecule has 0 amide bonds. The van der Waals surface area contributed by atoms with Gasteiger partial charge < -0.3 is 19.9 Å². The van der Waals surface area contributed by atoms with E-state index in [9.17, 15) is 8.42 Å². The van der Waals surface area contributed by atoms with Crippen molar-refractivity contribution in [2.45, 2.75) is 5.75 Å². The molecule has 2 rings (SSSR count). The van der Waals surface area contributed by atoms with Gasteiger partial charge in [0.15, 0.2) is 21.3 Å². The smallest absolute Gasteiger partial charge is 0.163 e. The fourth-order valence-corrected chi connectivity index (χ4v) is 3.08. The van der Waals surface area contributed by atoms with Gasteiger partial charge in [0.25, 0.3) is 0 Å². The van der Waals surface area contributed by atoms with Crippen LogP contribution in [0.3, 0.4) is 0 Å². The first-order valence-corrected chi connectivity index (χ1v) is 7.71. The molecule has 0 saturated carbocycles. The zero-order valence-electron chi connectivity index (χ0n) is 10.7. The van der Waals surface area contributed by atoms with E-state index in [0.717, 1.165) is 0 Å². The molecule has 0 spiro atoms. The van der Waals surface area contributed by atoms with Gasteiger partial charge in [-0.05, 0) is 11.6 Å². The molecule has 106 valence electrons. The molecule has 1 aliphatic heterocycles. The summed E-state index contributed by atoms with van der Waals surface area (Å²) >= 11 is 0. The maximum atomic E-state index is 11.9. The zero-order valence-corrected chi connectivity index (χ0v) is 11.5. The van der Waals surface area contributed by atoms with Crippen molar-refractivity contribution in [2.24, 2.45) is 0 Å². The maximum Gasteiger partial charge on any atom is 0.163 e. The Kier molecular flexibility index (Phi) is 4.16. The quantitative estimate of drug-likeness (QED) is 0.798. The van der Waals surface area contributed by atoms with Gasteiger partial charge in [0, 0.05) is 18.9 Å². The van der Waals surface area contributed by atoms with E-state index in [2.05, 4.69) is 0 Å². The normalized spacial score (nSPS) is 14.4. The van der Waals surface area contributed by atoms with E-state index in [1.807, 2.05) is 0 Å². The summed E-state index contributed by atoms with van der Waals surface area (Å²) < 4.78 is 39.3. The molecule has 1 aromatic carbocycles. The first-order chi connectivity index (χ1) is 9.02. The number of hydrogen-bond donors (Lipinski definition) is 1. The predicted molar refractivity (Wildman–Crippen MR) is 71.2 cm³/mol. The van der Waals surface area contributed by atoms with E-state index in [4.69, 9.17) is 19.9 Å². The van der Waals surface area contributed by atoms with Crippen molar-refractivity contribution in [3.63, 3.8) is 0 Å². The molecule has 6 nitrogen and oxygen atoms in total. The Morgan fingerprint density at radius 1 is 1.26 bits per heavy atom. The second kappa shape index (κ2) is 5.66. The molecule has 1 aromatic rings. The molecule has 1 aliphatic rings. The summed E-state index contributed by atoms with van der Waals surface area (Å²) in [7, 11) is -1.78. The van der Waals surface area contributed by atoms with Gasteiger partial charge in [-0.2, -0.15) is 0 Å². The van der Waals surface area contributed by atoms with Crippen LogP contribution in [0, 0.1) is 0 Å². The van der Waals surface area contributed by atoms with E-state index >= 15 is 0 Å². The number of fused-ring (bicyclic) bond motifs is 1. The third kappa shape index (κ3) is 3.51. The van der Waals surface area contributed by atoms with Crippen LogP contribution < -0.4 is 15.2 Å². The molecular weight excluding hydrogens is 270 g/mol. The summed E-state index contributed by atoms with van der Waals surface area (Å²) in [5.41, 5.74) is 6.77. The van der Waals surface area contributed by atoms with E-state index in [1.54, 1.807) is 12.1 Å². The molecule has 0 unspecified atom stereocenters. The highest BCUT2D eigenvalue weighted by molar-refractivity contribution is 7.90. The Hall–Kier alpha value is -1.47. The van der Waals surface area contributed by atoms with Crippen LogP contribution in [0.25, 0.3) is 0 Å². The van der Waals surface area contributed by atoms with E-state index in [-0.39, 0.29) is 18.1 Å². The molecular formula is C12H17NO5S. The highest BCUT2D eigenvalue weighted by Crippen LogP contribution is 2.35. The average Bonchev–Trinajstić information content (AvgIpc) is 2.37. The summed E-state index contributed by atoms with van der Waals surface area (Å²) in [5, 5.41) is 0. The highest BCUT2D eigenvalue weighted by atomic mass is 32.2. The molecule has 19 heavy (non-hydrogen) atoms. The second-order valence-corrected chi connectivity index (χ2v) is 6.46. The van der Waals surface area contributed by atoms with Gasteiger partial charge in [0.1, 0.15) is 13.2 Å². The van der Waals surface area contributed by atoms with Crippen molar-refractivity contribution in [3.8, 4) is 11.5 Å². The number of methoxy groups -OCH3 is 1. The topological polar surface area (TPSA) is 87.9 Å². The Labute approximate surface area is 112 Å². The molecule has 0 radical (unpaired) electrons. The van der Waals surface area contributed by atoms with Crippen LogP contribution in [0.2, 0.25) is 0 Å². The number of anilines is 1. The monoisotopic (exact) mass is 287 g/mol. The van der Waals surface area contributed by atoms with Crippen molar-refractivity contribution in [1.82, 2.24) is 0 Å². The number of ether oxygens (including phenoxy) is 3. The molecule has 0 atom stereocenters. The standard InChI is InChI=1S/C12H17NO5S/c1-16-4-5-19(14,15)8-9-6-11-12(7-10(9)13)18-3-2-17-11/h6-7H,2-5,8,13H2,1H3. The van der Waals surface area contributed by atoms with Crippen molar-refractivity contribution in [2.75, 3.05) is 38.4 Å². The fourth-order valence-electron chi connectivity index (χ4n) is 1.79. The van der Waals surface area contributed by atoms with Gasteiger partial charge in [-0.25, -0.2) is 8.42 Å². The molecule has 0 aromatic heterocycles. The Morgan fingerprint density at radius 2 is 1.89 bits per heavy atom. The van der Waals surface area contributed by atoms with Crippen LogP contribution in [0.4, 0.5) is 5.69 Å². The van der Waals surface area contributed by atoms with Crippen molar-refractivity contribution in [3.05, 3.63) is 17.7 Å². The second-order valence-electron chi connectivity index (χ2n) is 4.28. The molecule has 0 saturated heterocycles. The predicted octanol–water partition coefficient (Wildman–Crippen LogP) is 0.601. The molecule has 7 heteroatoms. The summed E-state index contributed by atoms with van der Waals surface area (Å²) in [6.07, 6.45) is 0. The molecule has 0 fully saturated rings. The number of sulfone groups is 1. The van der Waals surface area contributed by atoms with Crippen LogP contribution in [-0.4, -0.2) is 41.1 Å². The summed E-state index contributed by atoms with van der Waals surface area (Å²) in [6.45, 7) is 1.09. The molecule has 2 N–H and O–H groups in total. The number of hydrogen-bond acceptors (Lipinski definition) is 6. The number of benzene rings is 1. The lowest BCUT2D eigenvalue weighted by atomic mass is 10.2. The van der Waals surface area contributed by atoms with Crippen LogP contribution >= 0.6 is 0 Å². The summed E-state index contributed by atoms with van der Waals surface area (Å²) in [5.74, 6) is 0.940. The summed E-state index contributed by atoms with van der Waals surface area (Å²) in [4.78, 5) is 0. The molecule has 0 bridgehead atoms. The van der Waals surface area contributed by atoms with Crippen LogP contribution in [0.5, 0.6) is 11.5 Å². The number of rotatable bonds is 5. The van der Waals surface area contributed by atoms with Crippen LogP contribution in [0.15, 0.2) is 12.1 Å². The van der Waals surface area contributed by atoms with Crippen molar-refractivity contribution >= 4 is 15.5 Å². The van der Waals surface area contributed by atoms with Gasteiger partial charge in [-0.3, -0.25) is 0 Å². The van der Waals surface area contributed by atoms with Gasteiger partial charge in [0.2, 0.25) is 0 Å². The van der Waals surface area contributed by atoms with Crippen LogP contribution in [-0.2, 0) is 20.3 Å². The lowest BCUT2D eigenvalue weighted by molar-refractivity contribution is 0.171. The molecule has 0 aliphatic carbocycles. The number of nitrogens with two attached hydrogens (primary N) is 1. The van der Waals surface area contributed by atoms with Crippen LogP contribution in [0.1, 0.15) is 5.56 Å². The lowest BCUT2D eigenvalue weighted by Gasteiger charge is -2.20. The Bertz CT molecular complexity index is 555. The SMILES string of the molecule is COCCS(=O)(=O)Cc1cc2c(cc1N)OCCO2. The van der Waals surface area contributed by atoms with Crippen molar-refractivity contribution in [1.29, 1.82) is 0 Å². The third-order valence-corrected chi connectivity index (χ3v) is 4.32. The van der Waals surface area contributed by atoms with Gasteiger partial charge in [0.05, 0.1) is 18.1 Å². The fraction of sp³-hybridized carbons (Fsp3) is 0.500. The average molecular weight is 287 g/mol. The van der Waals surface area contributed by atoms with Gasteiger partial charge >= 0.3 is 0 Å². The minimum absolute atomic E-state index is 0.0304. The summed E-state index contributed by atoms with van der Waals surface area (Å²) in [6, 6.07) is 3.24. The number of nitrogen functional groups attached to an aromatic ring is 1. The maximum absolute atomic E-state index is 11.9. The largest absolute Gasteiger partial charge is 0.486 e. The van der Waals surface area contributed by atoms with Gasteiger partial charge in [-0.1, -0.05) is 0 Å². The van der Waals surface area contributed by atoms with E-state index in [1.165, 1.54) is 7.11 Å². The minimum atomic E-state index is -3.25. The van der Waals surface area contributed by atoms with Crippen molar-refractivity contribution < 1.29 is 22.6 Å². The molecule has 1 heterocycles. The lowest BCUT2D eigenvalue weighted by Crippen LogP contribution is -2.17. The van der Waals surface area contributed by atoms with E-state index in [0.29, 0.717) is 36.0 Å². The Morgan fingerprint density at radius 3 is 2.53 bits per heavy atom. The highest BCUT2D eigenvalue weighted by Gasteiger charge is 2.19. The van der Waals surface area contributed by atoms with Gasteiger partial charge in [-0.15, -0.1) is 0 Å². The first kappa shape index (κ1) is 14.0. The third-order valence-electron chi connectivity index (χ3n) is 2.78. The first-order valence-electron chi connectivity index (χ1n) is 5.89. The Balaban J connectivity index is 2.21. The van der Waals surface area contributed by atoms with E-state index < -0.39 is 9.84 Å².